The number of hydrogen-bond acceptors (Lipinski definition) is 9. The van der Waals surface area contributed by atoms with E-state index in [9.17, 15) is 19.5 Å². The fourth-order valence-corrected chi connectivity index (χ4v) is 3.76. The number of amides is 3. The molecule has 4 aromatic rings. The quantitative estimate of drug-likeness (QED) is 0.217. The molecule has 0 aliphatic heterocycles. The highest BCUT2D eigenvalue weighted by Gasteiger charge is 2.26. The van der Waals surface area contributed by atoms with E-state index in [0.717, 1.165) is 5.56 Å². The standard InChI is InChI=1S/C25H26N8O5/c1-3-38-24(36)18(12-34)31-23(35)17-11-33-21(22(26)28-13-29-33)20(17)15-4-6-16(7-5-15)30-25(37)32-19-10-14(2)8-9-27-19/h4-11,13,18,34H,3,12H2,1-2H3,(H,31,35)(H2,26,28,29)(H2,27,30,32,37). The van der Waals surface area contributed by atoms with E-state index in [-0.39, 0.29) is 18.0 Å². The number of carbonyl (C=O) groups is 3. The minimum absolute atomic E-state index is 0.0958. The van der Waals surface area contributed by atoms with Crippen LogP contribution in [0.2, 0.25) is 0 Å². The first-order valence-electron chi connectivity index (χ1n) is 11.6. The third-order valence-corrected chi connectivity index (χ3v) is 5.49. The molecular formula is C25H26N8O5. The number of pyridine rings is 1. The number of anilines is 3. The Bertz CT molecular complexity index is 1490. The second kappa shape index (κ2) is 11.3. The molecule has 0 bridgehead atoms. The van der Waals surface area contributed by atoms with Gasteiger partial charge in [0.2, 0.25) is 0 Å². The van der Waals surface area contributed by atoms with E-state index in [0.29, 0.717) is 28.1 Å². The average Bonchev–Trinajstić information content (AvgIpc) is 3.29. The lowest BCUT2D eigenvalue weighted by Crippen LogP contribution is -2.44. The molecule has 1 aromatic carbocycles. The van der Waals surface area contributed by atoms with Crippen molar-refractivity contribution >= 4 is 40.7 Å². The number of aliphatic hydroxyl groups excluding tert-OH is 1. The highest BCUT2D eigenvalue weighted by atomic mass is 16.5. The number of nitrogens with two attached hydrogens (primary N) is 1. The van der Waals surface area contributed by atoms with E-state index in [1.807, 2.05) is 13.0 Å². The minimum Gasteiger partial charge on any atom is -0.464 e. The number of urea groups is 1. The number of nitrogens with zero attached hydrogens (tertiary/aromatic N) is 4. The van der Waals surface area contributed by atoms with Gasteiger partial charge < -0.3 is 26.2 Å². The zero-order valence-electron chi connectivity index (χ0n) is 20.6. The van der Waals surface area contributed by atoms with Crippen molar-refractivity contribution in [3.63, 3.8) is 0 Å². The monoisotopic (exact) mass is 518 g/mol. The lowest BCUT2D eigenvalue weighted by molar-refractivity contribution is -0.146. The van der Waals surface area contributed by atoms with Gasteiger partial charge in [0.15, 0.2) is 11.9 Å². The first-order valence-corrected chi connectivity index (χ1v) is 11.6. The zero-order chi connectivity index (χ0) is 27.2. The molecule has 3 aromatic heterocycles. The maximum absolute atomic E-state index is 13.2. The van der Waals surface area contributed by atoms with Crippen molar-refractivity contribution in [2.24, 2.45) is 0 Å². The van der Waals surface area contributed by atoms with Crippen LogP contribution in [-0.2, 0) is 9.53 Å². The SMILES string of the molecule is CCOC(=O)C(CO)NC(=O)c1cn2ncnc(N)c2c1-c1ccc(NC(=O)Nc2cc(C)ccn2)cc1. The van der Waals surface area contributed by atoms with E-state index < -0.39 is 30.6 Å². The number of nitrogens with one attached hydrogen (secondary N) is 3. The van der Waals surface area contributed by atoms with Gasteiger partial charge in [-0.15, -0.1) is 0 Å². The zero-order valence-corrected chi connectivity index (χ0v) is 20.6. The molecule has 0 fully saturated rings. The van der Waals surface area contributed by atoms with Crippen molar-refractivity contribution in [3.8, 4) is 11.1 Å². The van der Waals surface area contributed by atoms with Gasteiger partial charge in [-0.25, -0.2) is 24.1 Å². The number of fused-ring (bicyclic) bond motifs is 1. The van der Waals surface area contributed by atoms with Crippen LogP contribution in [0.1, 0.15) is 22.8 Å². The average molecular weight is 519 g/mol. The van der Waals surface area contributed by atoms with Gasteiger partial charge in [0.25, 0.3) is 5.91 Å². The van der Waals surface area contributed by atoms with Crippen LogP contribution in [-0.4, -0.2) is 61.9 Å². The van der Waals surface area contributed by atoms with E-state index in [1.54, 1.807) is 43.5 Å². The summed E-state index contributed by atoms with van der Waals surface area (Å²) in [6.45, 7) is 2.96. The molecule has 0 saturated carbocycles. The van der Waals surface area contributed by atoms with Crippen LogP contribution in [0.25, 0.3) is 16.6 Å². The number of aromatic nitrogens is 4. The van der Waals surface area contributed by atoms with E-state index in [1.165, 1.54) is 17.0 Å². The van der Waals surface area contributed by atoms with Crippen molar-refractivity contribution < 1.29 is 24.2 Å². The molecule has 0 aliphatic rings. The second-order valence-corrected chi connectivity index (χ2v) is 8.19. The molecule has 38 heavy (non-hydrogen) atoms. The van der Waals surface area contributed by atoms with Gasteiger partial charge in [-0.05, 0) is 49.2 Å². The Morgan fingerprint density at radius 1 is 1.13 bits per heavy atom. The number of benzene rings is 1. The summed E-state index contributed by atoms with van der Waals surface area (Å²) in [6.07, 6.45) is 4.30. The summed E-state index contributed by atoms with van der Waals surface area (Å²) >= 11 is 0. The van der Waals surface area contributed by atoms with Crippen LogP contribution in [0.15, 0.2) is 55.1 Å². The third kappa shape index (κ3) is 5.68. The molecular weight excluding hydrogens is 492 g/mol. The summed E-state index contributed by atoms with van der Waals surface area (Å²) in [5.41, 5.74) is 9.05. The molecule has 0 spiro atoms. The van der Waals surface area contributed by atoms with Gasteiger partial charge in [-0.2, -0.15) is 5.10 Å². The normalized spacial score (nSPS) is 11.6. The summed E-state index contributed by atoms with van der Waals surface area (Å²) in [4.78, 5) is 45.8. The fraction of sp³-hybridized carbons (Fsp3) is 0.200. The van der Waals surface area contributed by atoms with E-state index in [4.69, 9.17) is 10.5 Å². The lowest BCUT2D eigenvalue weighted by atomic mass is 10.0. The van der Waals surface area contributed by atoms with Crippen LogP contribution in [0.4, 0.5) is 22.1 Å². The smallest absolute Gasteiger partial charge is 0.331 e. The molecule has 13 nitrogen and oxygen atoms in total. The van der Waals surface area contributed by atoms with E-state index in [2.05, 4.69) is 31.0 Å². The number of nitrogen functional groups attached to an aromatic ring is 1. The number of rotatable bonds is 8. The first-order chi connectivity index (χ1) is 18.3. The molecule has 1 atom stereocenters. The molecule has 0 radical (unpaired) electrons. The first kappa shape index (κ1) is 26.0. The van der Waals surface area contributed by atoms with Crippen molar-refractivity contribution in [2.75, 3.05) is 29.6 Å². The molecule has 196 valence electrons. The molecule has 4 rings (SSSR count). The van der Waals surface area contributed by atoms with E-state index >= 15 is 0 Å². The third-order valence-electron chi connectivity index (χ3n) is 5.49. The summed E-state index contributed by atoms with van der Waals surface area (Å²) in [7, 11) is 0. The Hall–Kier alpha value is -5.04. The van der Waals surface area contributed by atoms with Crippen LogP contribution >= 0.6 is 0 Å². The number of aryl methyl sites for hydroxylation is 1. The molecule has 0 saturated heterocycles. The summed E-state index contributed by atoms with van der Waals surface area (Å²) < 4.78 is 6.31. The van der Waals surface area contributed by atoms with Crippen molar-refractivity contribution in [2.45, 2.75) is 19.9 Å². The maximum atomic E-state index is 13.2. The molecule has 1 unspecified atom stereocenters. The summed E-state index contributed by atoms with van der Waals surface area (Å²) in [6, 6.07) is 8.51. The predicted octanol–water partition coefficient (Wildman–Crippen LogP) is 1.98. The van der Waals surface area contributed by atoms with Crippen LogP contribution in [0, 0.1) is 6.92 Å². The highest BCUT2D eigenvalue weighted by molar-refractivity contribution is 6.08. The molecule has 13 heteroatoms. The lowest BCUT2D eigenvalue weighted by Gasteiger charge is -2.15. The van der Waals surface area contributed by atoms with Crippen molar-refractivity contribution in [1.82, 2.24) is 24.9 Å². The summed E-state index contributed by atoms with van der Waals surface area (Å²) in [5, 5.41) is 21.6. The number of aliphatic hydroxyl groups is 1. The topological polar surface area (TPSA) is 186 Å². The van der Waals surface area contributed by atoms with Gasteiger partial charge in [-0.3, -0.25) is 10.1 Å². The predicted molar refractivity (Wildman–Crippen MR) is 139 cm³/mol. The minimum atomic E-state index is -1.25. The fourth-order valence-electron chi connectivity index (χ4n) is 3.76. The van der Waals surface area contributed by atoms with Gasteiger partial charge in [0, 0.05) is 23.6 Å². The second-order valence-electron chi connectivity index (χ2n) is 8.19. The Labute approximate surface area is 217 Å². The Balaban J connectivity index is 1.61. The summed E-state index contributed by atoms with van der Waals surface area (Å²) in [5.74, 6) is -0.869. The largest absolute Gasteiger partial charge is 0.464 e. The van der Waals surface area contributed by atoms with Crippen LogP contribution in [0.5, 0.6) is 0 Å². The van der Waals surface area contributed by atoms with Gasteiger partial charge in [0.05, 0.1) is 18.8 Å². The molecule has 3 amide bonds. The Morgan fingerprint density at radius 3 is 2.58 bits per heavy atom. The molecule has 3 heterocycles. The Kier molecular flexibility index (Phi) is 7.77. The highest BCUT2D eigenvalue weighted by Crippen LogP contribution is 2.33. The number of esters is 1. The number of ether oxygens (including phenoxy) is 1. The van der Waals surface area contributed by atoms with Gasteiger partial charge in [-0.1, -0.05) is 12.1 Å². The van der Waals surface area contributed by atoms with Gasteiger partial charge >= 0.3 is 12.0 Å². The Morgan fingerprint density at radius 2 is 1.89 bits per heavy atom. The van der Waals surface area contributed by atoms with Crippen LogP contribution < -0.4 is 21.7 Å². The van der Waals surface area contributed by atoms with Crippen LogP contribution in [0.3, 0.4) is 0 Å². The van der Waals surface area contributed by atoms with Crippen molar-refractivity contribution in [3.05, 3.63) is 66.2 Å². The van der Waals surface area contributed by atoms with Crippen molar-refractivity contribution in [1.29, 1.82) is 0 Å². The maximum Gasteiger partial charge on any atom is 0.331 e. The molecule has 0 aliphatic carbocycles. The number of hydrogen-bond donors (Lipinski definition) is 5. The number of carbonyl (C=O) groups excluding carboxylic acids is 3. The molecule has 6 N–H and O–H groups in total. The van der Waals surface area contributed by atoms with Gasteiger partial charge in [0.1, 0.15) is 17.7 Å².